The molecule has 0 spiro atoms. The summed E-state index contributed by atoms with van der Waals surface area (Å²) in [6.07, 6.45) is 0. The Morgan fingerprint density at radius 3 is 2.06 bits per heavy atom. The second-order valence-corrected chi connectivity index (χ2v) is 3.37. The first-order valence-corrected chi connectivity index (χ1v) is 5.15. The third-order valence-corrected chi connectivity index (χ3v) is 2.50. The van der Waals surface area contributed by atoms with E-state index < -0.39 is 0 Å². The summed E-state index contributed by atoms with van der Waals surface area (Å²) in [6, 6.07) is 5.78. The number of nitrogens with one attached hydrogen (secondary N) is 1. The maximum Gasteiger partial charge on any atom is 0.127 e. The fourth-order valence-corrected chi connectivity index (χ4v) is 1.70. The molecule has 1 N–H and O–H groups in total. The molecule has 16 heavy (non-hydrogen) atoms. The van der Waals surface area contributed by atoms with Crippen molar-refractivity contribution in [3.05, 3.63) is 23.8 Å². The van der Waals surface area contributed by atoms with Gasteiger partial charge in [-0.3, -0.25) is 0 Å². The van der Waals surface area contributed by atoms with E-state index in [1.807, 2.05) is 25.2 Å². The molecule has 0 saturated heterocycles. The Labute approximate surface area is 96.5 Å². The Morgan fingerprint density at radius 2 is 1.69 bits per heavy atom. The van der Waals surface area contributed by atoms with Gasteiger partial charge in [-0.25, -0.2) is 0 Å². The van der Waals surface area contributed by atoms with Gasteiger partial charge in [-0.2, -0.15) is 0 Å². The van der Waals surface area contributed by atoms with Crippen molar-refractivity contribution in [2.45, 2.75) is 6.04 Å². The van der Waals surface area contributed by atoms with Gasteiger partial charge < -0.3 is 19.5 Å². The van der Waals surface area contributed by atoms with Gasteiger partial charge in [0.15, 0.2) is 0 Å². The summed E-state index contributed by atoms with van der Waals surface area (Å²) < 4.78 is 15.9. The van der Waals surface area contributed by atoms with Crippen molar-refractivity contribution in [2.24, 2.45) is 0 Å². The topological polar surface area (TPSA) is 39.7 Å². The number of rotatable bonds is 6. The zero-order valence-electron chi connectivity index (χ0n) is 10.2. The van der Waals surface area contributed by atoms with E-state index in [1.54, 1.807) is 21.3 Å². The summed E-state index contributed by atoms with van der Waals surface area (Å²) in [5.41, 5.74) is 0.983. The molecule has 90 valence electrons. The summed E-state index contributed by atoms with van der Waals surface area (Å²) in [7, 11) is 6.86. The van der Waals surface area contributed by atoms with Crippen LogP contribution in [0.5, 0.6) is 11.5 Å². The highest BCUT2D eigenvalue weighted by atomic mass is 16.5. The smallest absolute Gasteiger partial charge is 0.127 e. The van der Waals surface area contributed by atoms with E-state index >= 15 is 0 Å². The second-order valence-electron chi connectivity index (χ2n) is 3.37. The predicted octanol–water partition coefficient (Wildman–Crippen LogP) is 1.61. The van der Waals surface area contributed by atoms with Gasteiger partial charge in [0, 0.05) is 7.11 Å². The van der Waals surface area contributed by atoms with Crippen LogP contribution in [0.2, 0.25) is 0 Å². The van der Waals surface area contributed by atoms with E-state index in [-0.39, 0.29) is 6.04 Å². The molecule has 0 saturated carbocycles. The van der Waals surface area contributed by atoms with Crippen LogP contribution in [0.25, 0.3) is 0 Å². The first-order chi connectivity index (χ1) is 7.78. The number of hydrogen-bond acceptors (Lipinski definition) is 4. The van der Waals surface area contributed by atoms with Crippen molar-refractivity contribution in [2.75, 3.05) is 35.0 Å². The van der Waals surface area contributed by atoms with Crippen molar-refractivity contribution < 1.29 is 14.2 Å². The molecule has 4 heteroatoms. The van der Waals surface area contributed by atoms with Crippen LogP contribution in [-0.2, 0) is 4.74 Å². The Kier molecular flexibility index (Phi) is 5.08. The first-order valence-electron chi connectivity index (χ1n) is 5.15. The normalized spacial score (nSPS) is 12.2. The van der Waals surface area contributed by atoms with Crippen LogP contribution in [-0.4, -0.2) is 35.0 Å². The fourth-order valence-electron chi connectivity index (χ4n) is 1.70. The maximum absolute atomic E-state index is 5.34. The molecule has 0 radical (unpaired) electrons. The van der Waals surface area contributed by atoms with Crippen LogP contribution < -0.4 is 14.8 Å². The average Bonchev–Trinajstić information content (AvgIpc) is 2.35. The fraction of sp³-hybridized carbons (Fsp3) is 0.500. The van der Waals surface area contributed by atoms with E-state index in [1.165, 1.54) is 0 Å². The highest BCUT2D eigenvalue weighted by Crippen LogP contribution is 2.33. The minimum Gasteiger partial charge on any atom is -0.496 e. The lowest BCUT2D eigenvalue weighted by molar-refractivity contribution is 0.167. The maximum atomic E-state index is 5.34. The molecule has 1 atom stereocenters. The molecular formula is C12H19NO3. The van der Waals surface area contributed by atoms with Crippen LogP contribution in [0, 0.1) is 0 Å². The van der Waals surface area contributed by atoms with Gasteiger partial charge in [-0.1, -0.05) is 6.07 Å². The summed E-state index contributed by atoms with van der Waals surface area (Å²) in [5, 5.41) is 3.18. The minimum absolute atomic E-state index is 0.0519. The highest BCUT2D eigenvalue weighted by Gasteiger charge is 2.19. The van der Waals surface area contributed by atoms with Crippen LogP contribution in [0.1, 0.15) is 11.6 Å². The third-order valence-electron chi connectivity index (χ3n) is 2.50. The van der Waals surface area contributed by atoms with Gasteiger partial charge in [0.1, 0.15) is 11.5 Å². The lowest BCUT2D eigenvalue weighted by Gasteiger charge is -2.21. The van der Waals surface area contributed by atoms with Crippen molar-refractivity contribution in [3.8, 4) is 11.5 Å². The van der Waals surface area contributed by atoms with E-state index in [0.717, 1.165) is 17.1 Å². The molecular weight excluding hydrogens is 206 g/mol. The van der Waals surface area contributed by atoms with E-state index in [9.17, 15) is 0 Å². The molecule has 0 aliphatic rings. The Bertz CT molecular complexity index is 306. The minimum atomic E-state index is 0.0519. The molecule has 4 nitrogen and oxygen atoms in total. The number of likely N-dealkylation sites (N-methyl/N-ethyl adjacent to an activating group) is 1. The molecule has 0 aliphatic heterocycles. The molecule has 0 heterocycles. The molecule has 1 unspecified atom stereocenters. The molecule has 0 amide bonds. The summed E-state index contributed by atoms with van der Waals surface area (Å²) in [4.78, 5) is 0. The Balaban J connectivity index is 3.14. The van der Waals surface area contributed by atoms with Crippen LogP contribution in [0.3, 0.4) is 0 Å². The van der Waals surface area contributed by atoms with Gasteiger partial charge in [0.25, 0.3) is 0 Å². The SMILES string of the molecule is CNC(COC)c1c(OC)cccc1OC. The van der Waals surface area contributed by atoms with Crippen molar-refractivity contribution in [1.29, 1.82) is 0 Å². The van der Waals surface area contributed by atoms with Gasteiger partial charge in [-0.15, -0.1) is 0 Å². The van der Waals surface area contributed by atoms with Crippen LogP contribution >= 0.6 is 0 Å². The van der Waals surface area contributed by atoms with E-state index in [2.05, 4.69) is 5.32 Å². The van der Waals surface area contributed by atoms with Gasteiger partial charge >= 0.3 is 0 Å². The summed E-state index contributed by atoms with van der Waals surface area (Å²) in [5.74, 6) is 1.60. The largest absolute Gasteiger partial charge is 0.496 e. The van der Waals surface area contributed by atoms with Crippen molar-refractivity contribution in [3.63, 3.8) is 0 Å². The molecule has 1 aromatic rings. The lowest BCUT2D eigenvalue weighted by Crippen LogP contribution is -2.22. The zero-order valence-corrected chi connectivity index (χ0v) is 10.2. The summed E-state index contributed by atoms with van der Waals surface area (Å²) in [6.45, 7) is 0.563. The average molecular weight is 225 g/mol. The molecule has 0 aliphatic carbocycles. The molecule has 1 rings (SSSR count). The van der Waals surface area contributed by atoms with Crippen molar-refractivity contribution in [1.82, 2.24) is 5.32 Å². The lowest BCUT2D eigenvalue weighted by atomic mass is 10.1. The second kappa shape index (κ2) is 6.35. The number of benzene rings is 1. The predicted molar refractivity (Wildman–Crippen MR) is 63.2 cm³/mol. The Morgan fingerprint density at radius 1 is 1.12 bits per heavy atom. The van der Waals surface area contributed by atoms with E-state index in [0.29, 0.717) is 6.61 Å². The summed E-state index contributed by atoms with van der Waals surface area (Å²) >= 11 is 0. The third kappa shape index (κ3) is 2.65. The highest BCUT2D eigenvalue weighted by molar-refractivity contribution is 5.47. The number of ether oxygens (including phenoxy) is 3. The molecule has 0 bridgehead atoms. The van der Waals surface area contributed by atoms with Gasteiger partial charge in [0.2, 0.25) is 0 Å². The quantitative estimate of drug-likeness (QED) is 0.798. The molecule has 1 aromatic carbocycles. The first kappa shape index (κ1) is 12.8. The number of methoxy groups -OCH3 is 3. The molecule has 0 fully saturated rings. The monoisotopic (exact) mass is 225 g/mol. The van der Waals surface area contributed by atoms with E-state index in [4.69, 9.17) is 14.2 Å². The van der Waals surface area contributed by atoms with Crippen LogP contribution in [0.4, 0.5) is 0 Å². The van der Waals surface area contributed by atoms with Crippen LogP contribution in [0.15, 0.2) is 18.2 Å². The Hall–Kier alpha value is -1.26. The number of hydrogen-bond donors (Lipinski definition) is 1. The molecule has 0 aromatic heterocycles. The van der Waals surface area contributed by atoms with Gasteiger partial charge in [-0.05, 0) is 19.2 Å². The standard InChI is InChI=1S/C12H19NO3/c1-13-9(8-14-2)12-10(15-3)6-5-7-11(12)16-4/h5-7,9,13H,8H2,1-4H3. The van der Waals surface area contributed by atoms with Gasteiger partial charge in [0.05, 0.1) is 32.4 Å². The van der Waals surface area contributed by atoms with Crippen molar-refractivity contribution >= 4 is 0 Å². The zero-order chi connectivity index (χ0) is 12.0.